The summed E-state index contributed by atoms with van der Waals surface area (Å²) in [6, 6.07) is 17.8. The summed E-state index contributed by atoms with van der Waals surface area (Å²) in [5.41, 5.74) is 4.22. The molecule has 3 aromatic rings. The molecule has 0 fully saturated rings. The van der Waals surface area contributed by atoms with E-state index >= 15 is 0 Å². The molecular formula is C24H23N3O3S. The number of benzene rings is 2. The quantitative estimate of drug-likeness (QED) is 0.353. The fraction of sp³-hybridized carbons (Fsp3) is 0.208. The Morgan fingerprint density at radius 3 is 2.61 bits per heavy atom. The zero-order valence-corrected chi connectivity index (χ0v) is 18.4. The number of nitrogens with one attached hydrogen (secondary N) is 2. The molecule has 0 saturated heterocycles. The maximum Gasteiger partial charge on any atom is 0.336 e. The first-order valence-corrected chi connectivity index (χ1v) is 10.9. The van der Waals surface area contributed by atoms with Crippen molar-refractivity contribution in [1.29, 1.82) is 0 Å². The Balaban J connectivity index is 1.78. The van der Waals surface area contributed by atoms with E-state index in [1.165, 1.54) is 18.9 Å². The van der Waals surface area contributed by atoms with E-state index in [-0.39, 0.29) is 5.56 Å². The van der Waals surface area contributed by atoms with Gasteiger partial charge in [0.25, 0.3) is 5.56 Å². The summed E-state index contributed by atoms with van der Waals surface area (Å²) in [6.45, 7) is 3.78. The number of thioether (sulfide) groups is 1. The van der Waals surface area contributed by atoms with Crippen molar-refractivity contribution in [3.05, 3.63) is 98.5 Å². The van der Waals surface area contributed by atoms with Gasteiger partial charge in [0, 0.05) is 11.4 Å². The van der Waals surface area contributed by atoms with Crippen LogP contribution in [0.1, 0.15) is 35.1 Å². The van der Waals surface area contributed by atoms with Crippen LogP contribution in [0.5, 0.6) is 0 Å². The number of aromatic nitrogens is 2. The van der Waals surface area contributed by atoms with Crippen LogP contribution in [-0.2, 0) is 15.3 Å². The van der Waals surface area contributed by atoms with Gasteiger partial charge in [0.1, 0.15) is 5.82 Å². The van der Waals surface area contributed by atoms with Gasteiger partial charge in [-0.3, -0.25) is 4.79 Å². The normalized spacial score (nSPS) is 15.3. The van der Waals surface area contributed by atoms with Crippen LogP contribution in [0.4, 0.5) is 5.82 Å². The molecule has 1 unspecified atom stereocenters. The lowest BCUT2D eigenvalue weighted by molar-refractivity contribution is -0.136. The third kappa shape index (κ3) is 4.27. The van der Waals surface area contributed by atoms with Crippen molar-refractivity contribution in [3.8, 4) is 0 Å². The van der Waals surface area contributed by atoms with Crippen molar-refractivity contribution in [3.63, 3.8) is 0 Å². The molecule has 2 aromatic carbocycles. The lowest BCUT2D eigenvalue weighted by atomic mass is 9.82. The second kappa shape index (κ2) is 8.81. The summed E-state index contributed by atoms with van der Waals surface area (Å²) in [6.07, 6.45) is 0. The monoisotopic (exact) mass is 433 g/mol. The lowest BCUT2D eigenvalue weighted by Gasteiger charge is -2.28. The van der Waals surface area contributed by atoms with Crippen LogP contribution < -0.4 is 10.9 Å². The fourth-order valence-electron chi connectivity index (χ4n) is 3.79. The molecule has 1 aliphatic heterocycles. The average molecular weight is 434 g/mol. The second-order valence-corrected chi connectivity index (χ2v) is 8.37. The number of aryl methyl sites for hydroxylation is 1. The maximum atomic E-state index is 13.2. The van der Waals surface area contributed by atoms with Crippen LogP contribution in [0.15, 0.2) is 75.8 Å². The highest BCUT2D eigenvalue weighted by Crippen LogP contribution is 2.40. The number of ether oxygens (including phenoxy) is 1. The summed E-state index contributed by atoms with van der Waals surface area (Å²) in [5.74, 6) is 0.125. The van der Waals surface area contributed by atoms with Crippen molar-refractivity contribution in [1.82, 2.24) is 9.97 Å². The van der Waals surface area contributed by atoms with Gasteiger partial charge >= 0.3 is 5.97 Å². The fourth-order valence-corrected chi connectivity index (χ4v) is 4.61. The summed E-state index contributed by atoms with van der Waals surface area (Å²) in [7, 11) is 1.34. The molecule has 1 aromatic heterocycles. The van der Waals surface area contributed by atoms with Gasteiger partial charge < -0.3 is 15.0 Å². The van der Waals surface area contributed by atoms with E-state index in [9.17, 15) is 9.59 Å². The number of rotatable bonds is 5. The number of H-pyrrole nitrogens is 1. The zero-order valence-electron chi connectivity index (χ0n) is 17.6. The molecule has 1 atom stereocenters. The van der Waals surface area contributed by atoms with Gasteiger partial charge in [0.05, 0.1) is 24.2 Å². The molecule has 0 amide bonds. The van der Waals surface area contributed by atoms with Gasteiger partial charge in [-0.25, -0.2) is 9.78 Å². The van der Waals surface area contributed by atoms with Gasteiger partial charge in [0.15, 0.2) is 5.16 Å². The molecule has 6 nitrogen and oxygen atoms in total. The van der Waals surface area contributed by atoms with E-state index in [4.69, 9.17) is 4.74 Å². The Kier molecular flexibility index (Phi) is 5.95. The van der Waals surface area contributed by atoms with E-state index in [0.717, 1.165) is 16.7 Å². The van der Waals surface area contributed by atoms with Crippen LogP contribution in [-0.4, -0.2) is 23.0 Å². The largest absolute Gasteiger partial charge is 0.466 e. The Morgan fingerprint density at radius 1 is 1.13 bits per heavy atom. The Labute approximate surface area is 184 Å². The first-order valence-electron chi connectivity index (χ1n) is 9.91. The van der Waals surface area contributed by atoms with Crippen LogP contribution in [0.2, 0.25) is 0 Å². The van der Waals surface area contributed by atoms with Crippen LogP contribution in [0.25, 0.3) is 0 Å². The molecule has 0 bridgehead atoms. The third-order valence-corrected chi connectivity index (χ3v) is 6.16. The third-order valence-electron chi connectivity index (χ3n) is 5.22. The molecule has 7 heteroatoms. The van der Waals surface area contributed by atoms with Crippen molar-refractivity contribution in [2.24, 2.45) is 0 Å². The first kappa shape index (κ1) is 20.9. The number of nitrogens with zero attached hydrogens (tertiary/aromatic N) is 1. The van der Waals surface area contributed by atoms with Crippen LogP contribution in [0, 0.1) is 6.92 Å². The predicted molar refractivity (Wildman–Crippen MR) is 122 cm³/mol. The van der Waals surface area contributed by atoms with E-state index in [2.05, 4.69) is 15.3 Å². The molecule has 158 valence electrons. The number of carbonyl (C=O) groups excluding carboxylic acids is 1. The minimum atomic E-state index is -0.562. The van der Waals surface area contributed by atoms with Gasteiger partial charge in [-0.15, -0.1) is 0 Å². The second-order valence-electron chi connectivity index (χ2n) is 7.41. The highest BCUT2D eigenvalue weighted by Gasteiger charge is 2.36. The summed E-state index contributed by atoms with van der Waals surface area (Å²) in [4.78, 5) is 33.4. The zero-order chi connectivity index (χ0) is 22.0. The Hall–Kier alpha value is -3.32. The predicted octanol–water partition coefficient (Wildman–Crippen LogP) is 4.38. The minimum absolute atomic E-state index is 0.270. The number of allylic oxidation sites excluding steroid dienone is 1. The number of fused-ring (bicyclic) bond motifs is 1. The van der Waals surface area contributed by atoms with Crippen LogP contribution in [0.3, 0.4) is 0 Å². The SMILES string of the molecule is COC(=O)C1=C(C)Nc2nc(SCc3ccccc3)[nH]c(=O)c2C1c1cccc(C)c1. The van der Waals surface area contributed by atoms with Gasteiger partial charge in [-0.1, -0.05) is 71.9 Å². The number of hydrogen-bond donors (Lipinski definition) is 2. The standard InChI is InChI=1S/C24H23N3O3S/c1-14-8-7-11-17(12-14)19-18(23(29)30-3)15(2)25-21-20(19)22(28)27-24(26-21)31-13-16-9-5-4-6-10-16/h4-12,19H,13H2,1-3H3,(H2,25,26,27,28). The van der Waals surface area contributed by atoms with Gasteiger partial charge in [-0.2, -0.15) is 0 Å². The molecule has 2 N–H and O–H groups in total. The maximum absolute atomic E-state index is 13.2. The van der Waals surface area contributed by atoms with Gasteiger partial charge in [0.2, 0.25) is 0 Å². The topological polar surface area (TPSA) is 84.1 Å². The number of methoxy groups -OCH3 is 1. The molecular weight excluding hydrogens is 410 g/mol. The van der Waals surface area contributed by atoms with E-state index in [1.807, 2.05) is 61.5 Å². The molecule has 2 heterocycles. The molecule has 4 rings (SSSR count). The van der Waals surface area contributed by atoms with Gasteiger partial charge in [-0.05, 0) is 25.0 Å². The molecule has 0 radical (unpaired) electrons. The highest BCUT2D eigenvalue weighted by atomic mass is 32.2. The van der Waals surface area contributed by atoms with Crippen molar-refractivity contribution in [2.45, 2.75) is 30.7 Å². The summed E-state index contributed by atoms with van der Waals surface area (Å²) >= 11 is 1.46. The van der Waals surface area contributed by atoms with Crippen LogP contribution >= 0.6 is 11.8 Å². The van der Waals surface area contributed by atoms with Crippen molar-refractivity contribution in [2.75, 3.05) is 12.4 Å². The number of carbonyl (C=O) groups is 1. The smallest absolute Gasteiger partial charge is 0.336 e. The average Bonchev–Trinajstić information content (AvgIpc) is 2.77. The van der Waals surface area contributed by atoms with E-state index < -0.39 is 11.9 Å². The molecule has 0 aliphatic carbocycles. The number of anilines is 1. The number of esters is 1. The number of hydrogen-bond acceptors (Lipinski definition) is 6. The summed E-state index contributed by atoms with van der Waals surface area (Å²) in [5, 5.41) is 3.68. The van der Waals surface area contributed by atoms with Crippen molar-refractivity contribution < 1.29 is 9.53 Å². The van der Waals surface area contributed by atoms with E-state index in [0.29, 0.717) is 33.6 Å². The first-order chi connectivity index (χ1) is 15.0. The molecule has 1 aliphatic rings. The summed E-state index contributed by atoms with van der Waals surface area (Å²) < 4.78 is 5.03. The van der Waals surface area contributed by atoms with Crippen molar-refractivity contribution >= 4 is 23.5 Å². The molecule has 31 heavy (non-hydrogen) atoms. The number of aromatic amines is 1. The minimum Gasteiger partial charge on any atom is -0.466 e. The molecule has 0 saturated carbocycles. The molecule has 0 spiro atoms. The Morgan fingerprint density at radius 2 is 1.90 bits per heavy atom. The lowest BCUT2D eigenvalue weighted by Crippen LogP contribution is -2.31. The highest BCUT2D eigenvalue weighted by molar-refractivity contribution is 7.98. The Bertz CT molecular complexity index is 1220. The van der Waals surface area contributed by atoms with E-state index in [1.54, 1.807) is 6.92 Å².